The van der Waals surface area contributed by atoms with Gasteiger partial charge in [-0.15, -0.1) is 5.10 Å². The average Bonchev–Trinajstić information content (AvgIpc) is 3.13. The highest BCUT2D eigenvalue weighted by Gasteiger charge is 2.33. The molecule has 28 heavy (non-hydrogen) atoms. The molecule has 11 nitrogen and oxygen atoms in total. The van der Waals surface area contributed by atoms with Gasteiger partial charge < -0.3 is 0 Å². The lowest BCUT2D eigenvalue weighted by Crippen LogP contribution is -2.48. The number of sulfonamides is 1. The Balaban J connectivity index is 1.66. The molecule has 0 amide bonds. The van der Waals surface area contributed by atoms with Crippen LogP contribution in [0.2, 0.25) is 0 Å². The van der Waals surface area contributed by atoms with Crippen LogP contribution in [0.4, 0.5) is 5.69 Å². The lowest BCUT2D eigenvalue weighted by Gasteiger charge is -2.33. The summed E-state index contributed by atoms with van der Waals surface area (Å²) >= 11 is 0. The van der Waals surface area contributed by atoms with Crippen molar-refractivity contribution in [3.8, 4) is 0 Å². The Morgan fingerprint density at radius 2 is 1.89 bits per heavy atom. The fourth-order valence-corrected chi connectivity index (χ4v) is 4.69. The first-order valence-corrected chi connectivity index (χ1v) is 10.6. The molecule has 0 saturated carbocycles. The molecule has 2 heterocycles. The number of hydrogen-bond donors (Lipinski definition) is 0. The Hall–Kier alpha value is -2.44. The summed E-state index contributed by atoms with van der Waals surface area (Å²) in [6.07, 6.45) is 2.03. The van der Waals surface area contributed by atoms with Crippen molar-refractivity contribution in [2.45, 2.75) is 37.8 Å². The van der Waals surface area contributed by atoms with E-state index in [-0.39, 0.29) is 18.0 Å². The van der Waals surface area contributed by atoms with Gasteiger partial charge in [0.15, 0.2) is 10.7 Å². The van der Waals surface area contributed by atoms with Crippen molar-refractivity contribution >= 4 is 15.7 Å². The number of para-hydroxylation sites is 1. The van der Waals surface area contributed by atoms with Gasteiger partial charge in [0.2, 0.25) is 10.0 Å². The number of rotatable bonds is 8. The van der Waals surface area contributed by atoms with Gasteiger partial charge in [-0.05, 0) is 22.9 Å². The summed E-state index contributed by atoms with van der Waals surface area (Å²) in [7, 11) is -3.92. The maximum atomic E-state index is 12.9. The summed E-state index contributed by atoms with van der Waals surface area (Å²) in [5.74, 6) is 0.753. The van der Waals surface area contributed by atoms with Crippen LogP contribution in [0.3, 0.4) is 0 Å². The van der Waals surface area contributed by atoms with Gasteiger partial charge in [0.1, 0.15) is 0 Å². The number of benzene rings is 1. The van der Waals surface area contributed by atoms with Crippen LogP contribution in [0.25, 0.3) is 0 Å². The van der Waals surface area contributed by atoms with Crippen molar-refractivity contribution < 1.29 is 13.3 Å². The molecule has 1 fully saturated rings. The predicted octanol–water partition coefficient (Wildman–Crippen LogP) is 0.888. The topological polar surface area (TPSA) is 127 Å². The van der Waals surface area contributed by atoms with Crippen LogP contribution < -0.4 is 0 Å². The molecule has 0 spiro atoms. The predicted molar refractivity (Wildman–Crippen MR) is 99.9 cm³/mol. The third-order valence-electron chi connectivity index (χ3n) is 4.71. The van der Waals surface area contributed by atoms with Crippen molar-refractivity contribution in [2.24, 2.45) is 0 Å². The monoisotopic (exact) mass is 409 g/mol. The van der Waals surface area contributed by atoms with Gasteiger partial charge in [-0.1, -0.05) is 25.5 Å². The van der Waals surface area contributed by atoms with E-state index in [1.165, 1.54) is 28.6 Å². The quantitative estimate of drug-likeness (QED) is 0.464. The van der Waals surface area contributed by atoms with Gasteiger partial charge in [0.25, 0.3) is 5.69 Å². The molecule has 1 aliphatic rings. The maximum absolute atomic E-state index is 12.9. The Bertz CT molecular complexity index is 923. The molecular weight excluding hydrogens is 386 g/mol. The fourth-order valence-electron chi connectivity index (χ4n) is 3.11. The van der Waals surface area contributed by atoms with Crippen molar-refractivity contribution in [1.82, 2.24) is 29.4 Å². The smallest absolute Gasteiger partial charge is 0.289 e. The molecule has 152 valence electrons. The average molecular weight is 409 g/mol. The largest absolute Gasteiger partial charge is 0.293 e. The second-order valence-electron chi connectivity index (χ2n) is 6.58. The number of piperazine rings is 1. The first kappa shape index (κ1) is 20.3. The van der Waals surface area contributed by atoms with Crippen molar-refractivity contribution in [3.05, 3.63) is 40.2 Å². The zero-order chi connectivity index (χ0) is 20.1. The van der Waals surface area contributed by atoms with E-state index in [2.05, 4.69) is 27.3 Å². The highest BCUT2D eigenvalue weighted by molar-refractivity contribution is 7.89. The van der Waals surface area contributed by atoms with Crippen LogP contribution >= 0.6 is 0 Å². The number of hydrogen-bond acceptors (Lipinski definition) is 8. The Kier molecular flexibility index (Phi) is 6.31. The molecule has 0 aliphatic carbocycles. The Morgan fingerprint density at radius 1 is 1.18 bits per heavy atom. The van der Waals surface area contributed by atoms with E-state index in [9.17, 15) is 18.5 Å². The third-order valence-corrected chi connectivity index (χ3v) is 6.65. The van der Waals surface area contributed by atoms with Gasteiger partial charge >= 0.3 is 0 Å². The van der Waals surface area contributed by atoms with E-state index in [0.717, 1.165) is 25.2 Å². The van der Waals surface area contributed by atoms with E-state index < -0.39 is 20.6 Å². The van der Waals surface area contributed by atoms with E-state index in [1.807, 2.05) is 0 Å². The first-order chi connectivity index (χ1) is 13.4. The summed E-state index contributed by atoms with van der Waals surface area (Å²) in [6.45, 7) is 4.90. The van der Waals surface area contributed by atoms with E-state index >= 15 is 0 Å². The van der Waals surface area contributed by atoms with Crippen molar-refractivity contribution in [1.29, 1.82) is 0 Å². The number of nitro groups is 1. The molecule has 1 aromatic carbocycles. The van der Waals surface area contributed by atoms with Gasteiger partial charge in [-0.2, -0.15) is 4.31 Å². The van der Waals surface area contributed by atoms with Gasteiger partial charge in [0.05, 0.1) is 11.5 Å². The number of tetrazole rings is 1. The summed E-state index contributed by atoms with van der Waals surface area (Å²) < 4.78 is 28.8. The molecule has 0 bridgehead atoms. The lowest BCUT2D eigenvalue weighted by molar-refractivity contribution is -0.387. The van der Waals surface area contributed by atoms with Gasteiger partial charge in [-0.3, -0.25) is 15.0 Å². The Labute approximate surface area is 163 Å². The second-order valence-corrected chi connectivity index (χ2v) is 8.48. The van der Waals surface area contributed by atoms with Gasteiger partial charge in [-0.25, -0.2) is 13.1 Å². The van der Waals surface area contributed by atoms with Crippen LogP contribution in [0.5, 0.6) is 0 Å². The molecule has 0 atom stereocenters. The fraction of sp³-hybridized carbons (Fsp3) is 0.562. The minimum absolute atomic E-state index is 0.255. The number of aryl methyl sites for hydroxylation is 1. The van der Waals surface area contributed by atoms with Crippen molar-refractivity contribution in [2.75, 3.05) is 26.2 Å². The van der Waals surface area contributed by atoms with Crippen LogP contribution in [0, 0.1) is 10.1 Å². The standard InChI is InChI=1S/C16H23N7O4S/c1-2-3-8-22-16(17-18-19-22)13-20-9-11-21(12-10-20)28(26,27)15-7-5-4-6-14(15)23(24)25/h4-7H,2-3,8-13H2,1H3. The Morgan fingerprint density at radius 3 is 2.57 bits per heavy atom. The zero-order valence-electron chi connectivity index (χ0n) is 15.6. The third kappa shape index (κ3) is 4.34. The maximum Gasteiger partial charge on any atom is 0.289 e. The molecule has 3 rings (SSSR count). The molecule has 1 aliphatic heterocycles. The normalized spacial score (nSPS) is 16.3. The summed E-state index contributed by atoms with van der Waals surface area (Å²) in [5.41, 5.74) is -0.403. The van der Waals surface area contributed by atoms with Crippen LogP contribution in [-0.4, -0.2) is 68.9 Å². The van der Waals surface area contributed by atoms with Crippen molar-refractivity contribution in [3.63, 3.8) is 0 Å². The lowest BCUT2D eigenvalue weighted by atomic mass is 10.3. The van der Waals surface area contributed by atoms with E-state index in [0.29, 0.717) is 19.6 Å². The number of aromatic nitrogens is 4. The number of unbranched alkanes of at least 4 members (excludes halogenated alkanes) is 1. The molecular formula is C16H23N7O4S. The summed E-state index contributed by atoms with van der Waals surface area (Å²) in [6, 6.07) is 5.44. The summed E-state index contributed by atoms with van der Waals surface area (Å²) in [4.78, 5) is 12.3. The molecule has 0 radical (unpaired) electrons. The minimum atomic E-state index is -3.92. The number of nitro benzene ring substituents is 1. The SMILES string of the molecule is CCCCn1nnnc1CN1CCN(S(=O)(=O)c2ccccc2[N+](=O)[O-])CC1. The molecule has 1 saturated heterocycles. The van der Waals surface area contributed by atoms with Gasteiger partial charge in [0, 0.05) is 38.8 Å². The molecule has 0 N–H and O–H groups in total. The zero-order valence-corrected chi connectivity index (χ0v) is 16.5. The number of nitrogens with zero attached hydrogens (tertiary/aromatic N) is 7. The van der Waals surface area contributed by atoms with Crippen LogP contribution in [0.1, 0.15) is 25.6 Å². The van der Waals surface area contributed by atoms with E-state index in [1.54, 1.807) is 4.68 Å². The van der Waals surface area contributed by atoms with Crippen LogP contribution in [0.15, 0.2) is 29.2 Å². The highest BCUT2D eigenvalue weighted by Crippen LogP contribution is 2.27. The minimum Gasteiger partial charge on any atom is -0.293 e. The molecule has 0 unspecified atom stereocenters. The molecule has 2 aromatic rings. The first-order valence-electron chi connectivity index (χ1n) is 9.14. The van der Waals surface area contributed by atoms with E-state index in [4.69, 9.17) is 0 Å². The molecule has 12 heteroatoms. The second kappa shape index (κ2) is 8.71. The molecule has 1 aromatic heterocycles. The highest BCUT2D eigenvalue weighted by atomic mass is 32.2. The summed E-state index contributed by atoms with van der Waals surface area (Å²) in [5, 5.41) is 23.0. The van der Waals surface area contributed by atoms with Crippen LogP contribution in [-0.2, 0) is 23.1 Å².